The molecule has 0 amide bonds. The van der Waals surface area contributed by atoms with Crippen LogP contribution in [0.25, 0.3) is 0 Å². The molecule has 0 saturated heterocycles. The van der Waals surface area contributed by atoms with Gasteiger partial charge in [-0.3, -0.25) is 0 Å². The van der Waals surface area contributed by atoms with Gasteiger partial charge in [0.1, 0.15) is 0 Å². The zero-order chi connectivity index (χ0) is 13.2. The monoisotopic (exact) mass is 303 g/mol. The Kier molecular flexibility index (Phi) is 3.88. The van der Waals surface area contributed by atoms with E-state index in [-0.39, 0.29) is 5.54 Å². The van der Waals surface area contributed by atoms with E-state index in [9.17, 15) is 0 Å². The highest BCUT2D eigenvalue weighted by Gasteiger charge is 2.23. The van der Waals surface area contributed by atoms with Crippen molar-refractivity contribution in [1.82, 2.24) is 0 Å². The number of rotatable bonds is 3. The van der Waals surface area contributed by atoms with Gasteiger partial charge in [0.15, 0.2) is 0 Å². The van der Waals surface area contributed by atoms with Crippen LogP contribution in [0.15, 0.2) is 53.0 Å². The molecule has 2 aromatic rings. The first-order valence-electron chi connectivity index (χ1n) is 6.08. The lowest BCUT2D eigenvalue weighted by molar-refractivity contribution is 0.489. The van der Waals surface area contributed by atoms with Gasteiger partial charge in [0.25, 0.3) is 0 Å². The zero-order valence-corrected chi connectivity index (χ0v) is 12.4. The molecule has 94 valence electrons. The number of hydrogen-bond donors (Lipinski definition) is 1. The molecule has 0 heterocycles. The molecule has 1 nitrogen and oxygen atoms in total. The summed E-state index contributed by atoms with van der Waals surface area (Å²) in [6.07, 6.45) is 0.829. The molecule has 0 bridgehead atoms. The van der Waals surface area contributed by atoms with Gasteiger partial charge >= 0.3 is 0 Å². The topological polar surface area (TPSA) is 26.0 Å². The minimum Gasteiger partial charge on any atom is -0.321 e. The first-order chi connectivity index (χ1) is 8.49. The third kappa shape index (κ3) is 3.01. The van der Waals surface area contributed by atoms with Crippen molar-refractivity contribution >= 4 is 15.9 Å². The average Bonchev–Trinajstić information content (AvgIpc) is 2.32. The predicted molar refractivity (Wildman–Crippen MR) is 80.6 cm³/mol. The Balaban J connectivity index is 2.27. The largest absolute Gasteiger partial charge is 0.321 e. The summed E-state index contributed by atoms with van der Waals surface area (Å²) in [6, 6.07) is 16.7. The lowest BCUT2D eigenvalue weighted by Gasteiger charge is -2.26. The molecule has 0 radical (unpaired) electrons. The Bertz CT molecular complexity index is 529. The summed E-state index contributed by atoms with van der Waals surface area (Å²) in [6.45, 7) is 4.17. The van der Waals surface area contributed by atoms with E-state index in [2.05, 4.69) is 60.1 Å². The van der Waals surface area contributed by atoms with Crippen LogP contribution in [0.2, 0.25) is 0 Å². The van der Waals surface area contributed by atoms with Gasteiger partial charge in [0, 0.05) is 10.0 Å². The molecule has 2 rings (SSSR count). The Morgan fingerprint density at radius 1 is 1.06 bits per heavy atom. The van der Waals surface area contributed by atoms with Crippen molar-refractivity contribution in [3.63, 3.8) is 0 Å². The second-order valence-corrected chi connectivity index (χ2v) is 5.91. The number of nitrogens with two attached hydrogens (primary N) is 1. The minimum atomic E-state index is -0.366. The van der Waals surface area contributed by atoms with Gasteiger partial charge < -0.3 is 5.73 Å². The molecule has 18 heavy (non-hydrogen) atoms. The molecule has 0 aliphatic heterocycles. The van der Waals surface area contributed by atoms with Crippen LogP contribution in [0.4, 0.5) is 0 Å². The number of aryl methyl sites for hydroxylation is 1. The van der Waals surface area contributed by atoms with Crippen LogP contribution in [0.3, 0.4) is 0 Å². The predicted octanol–water partition coefficient (Wildman–Crippen LogP) is 4.17. The zero-order valence-electron chi connectivity index (χ0n) is 10.8. The van der Waals surface area contributed by atoms with Crippen LogP contribution in [0.1, 0.15) is 23.6 Å². The Hall–Kier alpha value is -1.12. The first-order valence-corrected chi connectivity index (χ1v) is 6.88. The third-order valence-electron chi connectivity index (χ3n) is 3.18. The lowest BCUT2D eigenvalue weighted by atomic mass is 9.86. The molecule has 2 heteroatoms. The molecule has 0 saturated carbocycles. The van der Waals surface area contributed by atoms with Gasteiger partial charge in [-0.1, -0.05) is 64.0 Å². The summed E-state index contributed by atoms with van der Waals surface area (Å²) in [4.78, 5) is 0. The van der Waals surface area contributed by atoms with E-state index in [1.165, 1.54) is 11.1 Å². The van der Waals surface area contributed by atoms with Crippen LogP contribution in [-0.2, 0) is 12.0 Å². The number of benzene rings is 2. The fourth-order valence-electron chi connectivity index (χ4n) is 2.15. The molecule has 0 aliphatic carbocycles. The summed E-state index contributed by atoms with van der Waals surface area (Å²) in [5.74, 6) is 0. The Morgan fingerprint density at radius 3 is 2.28 bits per heavy atom. The molecule has 0 aliphatic rings. The number of halogens is 1. The summed E-state index contributed by atoms with van der Waals surface area (Å²) in [5, 5.41) is 0. The molecule has 0 fully saturated rings. The Labute approximate surface area is 117 Å². The van der Waals surface area contributed by atoms with Gasteiger partial charge in [-0.05, 0) is 37.5 Å². The SMILES string of the molecule is Cc1ccc(CC(C)(N)c2ccccc2Br)cc1. The van der Waals surface area contributed by atoms with Crippen molar-refractivity contribution in [3.05, 3.63) is 69.7 Å². The standard InChI is InChI=1S/C16H18BrN/c1-12-7-9-13(10-8-12)11-16(2,18)14-5-3-4-6-15(14)17/h3-10H,11,18H2,1-2H3. The number of hydrogen-bond acceptors (Lipinski definition) is 1. The van der Waals surface area contributed by atoms with Crippen LogP contribution >= 0.6 is 15.9 Å². The summed E-state index contributed by atoms with van der Waals surface area (Å²) in [7, 11) is 0. The molecular weight excluding hydrogens is 286 g/mol. The normalized spacial score (nSPS) is 14.2. The van der Waals surface area contributed by atoms with E-state index in [4.69, 9.17) is 5.73 Å². The van der Waals surface area contributed by atoms with Crippen LogP contribution in [0.5, 0.6) is 0 Å². The molecule has 0 spiro atoms. The minimum absolute atomic E-state index is 0.366. The van der Waals surface area contributed by atoms with Gasteiger partial charge in [-0.15, -0.1) is 0 Å². The van der Waals surface area contributed by atoms with Crippen molar-refractivity contribution in [2.24, 2.45) is 5.73 Å². The quantitative estimate of drug-likeness (QED) is 0.904. The van der Waals surface area contributed by atoms with E-state index < -0.39 is 0 Å². The van der Waals surface area contributed by atoms with E-state index in [0.29, 0.717) is 0 Å². The maximum absolute atomic E-state index is 6.48. The van der Waals surface area contributed by atoms with Crippen LogP contribution in [-0.4, -0.2) is 0 Å². The van der Waals surface area contributed by atoms with Crippen molar-refractivity contribution in [2.75, 3.05) is 0 Å². The maximum atomic E-state index is 6.48. The van der Waals surface area contributed by atoms with E-state index in [0.717, 1.165) is 16.5 Å². The highest BCUT2D eigenvalue weighted by Crippen LogP contribution is 2.29. The van der Waals surface area contributed by atoms with Crippen LogP contribution < -0.4 is 5.73 Å². The smallest absolute Gasteiger partial charge is 0.0433 e. The fraction of sp³-hybridized carbons (Fsp3) is 0.250. The van der Waals surface area contributed by atoms with Gasteiger partial charge in [-0.2, -0.15) is 0 Å². The second kappa shape index (κ2) is 5.25. The van der Waals surface area contributed by atoms with Crippen molar-refractivity contribution in [2.45, 2.75) is 25.8 Å². The molecular formula is C16H18BrN. The summed E-state index contributed by atoms with van der Waals surface area (Å²) >= 11 is 3.58. The Morgan fingerprint density at radius 2 is 1.67 bits per heavy atom. The molecule has 2 aromatic carbocycles. The highest BCUT2D eigenvalue weighted by atomic mass is 79.9. The lowest BCUT2D eigenvalue weighted by Crippen LogP contribution is -2.35. The van der Waals surface area contributed by atoms with E-state index >= 15 is 0 Å². The highest BCUT2D eigenvalue weighted by molar-refractivity contribution is 9.10. The third-order valence-corrected chi connectivity index (χ3v) is 3.87. The van der Waals surface area contributed by atoms with Crippen molar-refractivity contribution in [1.29, 1.82) is 0 Å². The molecule has 0 aromatic heterocycles. The van der Waals surface area contributed by atoms with Crippen molar-refractivity contribution < 1.29 is 0 Å². The summed E-state index contributed by atoms with van der Waals surface area (Å²) in [5.41, 5.74) is 9.80. The molecule has 1 unspecified atom stereocenters. The van der Waals surface area contributed by atoms with E-state index in [1.54, 1.807) is 0 Å². The summed E-state index contributed by atoms with van der Waals surface area (Å²) < 4.78 is 1.07. The average molecular weight is 304 g/mol. The fourth-order valence-corrected chi connectivity index (χ4v) is 2.89. The van der Waals surface area contributed by atoms with Crippen molar-refractivity contribution in [3.8, 4) is 0 Å². The second-order valence-electron chi connectivity index (χ2n) is 5.06. The maximum Gasteiger partial charge on any atom is 0.0433 e. The molecule has 2 N–H and O–H groups in total. The van der Waals surface area contributed by atoms with E-state index in [1.807, 2.05) is 18.2 Å². The molecule has 1 atom stereocenters. The van der Waals surface area contributed by atoms with Crippen LogP contribution in [0, 0.1) is 6.92 Å². The first kappa shape index (κ1) is 13.3. The van der Waals surface area contributed by atoms with Gasteiger partial charge in [0.05, 0.1) is 0 Å². The van der Waals surface area contributed by atoms with Gasteiger partial charge in [0.2, 0.25) is 0 Å². The van der Waals surface area contributed by atoms with Gasteiger partial charge in [-0.25, -0.2) is 0 Å².